The summed E-state index contributed by atoms with van der Waals surface area (Å²) in [4.78, 5) is 12.3. The number of carbonyl (C=O) groups is 1. The highest BCUT2D eigenvalue weighted by Crippen LogP contribution is 2.44. The van der Waals surface area contributed by atoms with Crippen molar-refractivity contribution in [2.45, 2.75) is 24.7 Å². The first-order valence-corrected chi connectivity index (χ1v) is 10.7. The molecule has 0 bridgehead atoms. The molecule has 0 heterocycles. The van der Waals surface area contributed by atoms with Gasteiger partial charge in [-0.25, -0.2) is 4.79 Å². The molecule has 0 radical (unpaired) electrons. The van der Waals surface area contributed by atoms with Crippen LogP contribution in [0.5, 0.6) is 0 Å². The lowest BCUT2D eigenvalue weighted by molar-refractivity contribution is 0.0174. The highest BCUT2D eigenvalue weighted by atomic mass is 35.5. The Hall–Kier alpha value is -2.90. The van der Waals surface area contributed by atoms with Gasteiger partial charge < -0.3 is 25.4 Å². The van der Waals surface area contributed by atoms with E-state index in [4.69, 9.17) is 16.3 Å². The molecule has 7 heteroatoms. The van der Waals surface area contributed by atoms with Crippen LogP contribution in [-0.2, 0) is 11.3 Å². The molecule has 166 valence electrons. The largest absolute Gasteiger partial charge is 0.449 e. The van der Waals surface area contributed by atoms with E-state index in [1.165, 1.54) is 12.1 Å². The lowest BCUT2D eigenvalue weighted by Gasteiger charge is -2.21. The number of hydrogen-bond donors (Lipinski definition) is 4. The molecule has 0 saturated heterocycles. The van der Waals surface area contributed by atoms with Crippen LogP contribution in [-0.4, -0.2) is 40.7 Å². The van der Waals surface area contributed by atoms with Crippen LogP contribution in [0, 0.1) is 0 Å². The van der Waals surface area contributed by atoms with Crippen LogP contribution >= 0.6 is 11.6 Å². The Morgan fingerprint density at radius 3 is 2.25 bits per heavy atom. The van der Waals surface area contributed by atoms with Crippen molar-refractivity contribution in [2.75, 3.05) is 13.2 Å². The van der Waals surface area contributed by atoms with Gasteiger partial charge in [-0.15, -0.1) is 0 Å². The number of amides is 1. The zero-order chi connectivity index (χ0) is 22.7. The van der Waals surface area contributed by atoms with Gasteiger partial charge in [0.1, 0.15) is 18.8 Å². The van der Waals surface area contributed by atoms with E-state index in [0.29, 0.717) is 16.1 Å². The number of halogens is 1. The fourth-order valence-electron chi connectivity index (χ4n) is 4.16. The van der Waals surface area contributed by atoms with Crippen molar-refractivity contribution in [2.24, 2.45) is 0 Å². The van der Waals surface area contributed by atoms with Crippen LogP contribution in [0.25, 0.3) is 11.1 Å². The first kappa shape index (κ1) is 22.3. The molecule has 0 fully saturated rings. The number of hydrogen-bond acceptors (Lipinski definition) is 5. The Morgan fingerprint density at radius 1 is 1.00 bits per heavy atom. The van der Waals surface area contributed by atoms with Gasteiger partial charge in [0.05, 0.1) is 6.61 Å². The molecule has 1 amide bonds. The zero-order valence-corrected chi connectivity index (χ0v) is 18.0. The molecule has 0 saturated carbocycles. The predicted octanol–water partition coefficient (Wildman–Crippen LogP) is 3.77. The average molecular weight is 454 g/mol. The van der Waals surface area contributed by atoms with Crippen LogP contribution in [0.1, 0.15) is 34.3 Å². The Labute approximate surface area is 191 Å². The Kier molecular flexibility index (Phi) is 6.77. The second kappa shape index (κ2) is 9.71. The van der Waals surface area contributed by atoms with Crippen LogP contribution in [0.4, 0.5) is 4.79 Å². The van der Waals surface area contributed by atoms with E-state index in [2.05, 4.69) is 17.4 Å². The van der Waals surface area contributed by atoms with Gasteiger partial charge >= 0.3 is 6.09 Å². The number of nitrogens with one attached hydrogen (secondary N) is 1. The summed E-state index contributed by atoms with van der Waals surface area (Å²) < 4.78 is 5.44. The summed E-state index contributed by atoms with van der Waals surface area (Å²) in [5.41, 5.74) is 5.24. The number of rotatable bonds is 7. The van der Waals surface area contributed by atoms with Crippen molar-refractivity contribution < 1.29 is 24.9 Å². The van der Waals surface area contributed by atoms with Gasteiger partial charge in [-0.3, -0.25) is 0 Å². The number of carbonyl (C=O) groups excluding carboxylic acids is 1. The lowest BCUT2D eigenvalue weighted by atomic mass is 9.98. The van der Waals surface area contributed by atoms with Crippen molar-refractivity contribution in [3.05, 3.63) is 94.0 Å². The number of aliphatic hydroxyl groups is 3. The molecule has 2 atom stereocenters. The molecular weight excluding hydrogens is 430 g/mol. The maximum atomic E-state index is 12.3. The molecular formula is C25H24ClNO5. The van der Waals surface area contributed by atoms with E-state index in [-0.39, 0.29) is 25.7 Å². The van der Waals surface area contributed by atoms with E-state index in [0.717, 1.165) is 22.3 Å². The summed E-state index contributed by atoms with van der Waals surface area (Å²) in [7, 11) is 0. The lowest BCUT2D eigenvalue weighted by Crippen LogP contribution is -2.36. The predicted molar refractivity (Wildman–Crippen MR) is 121 cm³/mol. The minimum Gasteiger partial charge on any atom is -0.449 e. The molecule has 1 aliphatic carbocycles. The number of fused-ring (bicyclic) bond motifs is 3. The van der Waals surface area contributed by atoms with E-state index in [1.807, 2.05) is 36.4 Å². The smallest absolute Gasteiger partial charge is 0.407 e. The summed E-state index contributed by atoms with van der Waals surface area (Å²) in [6, 6.07) is 20.7. The van der Waals surface area contributed by atoms with Crippen LogP contribution in [0.2, 0.25) is 5.02 Å². The van der Waals surface area contributed by atoms with Gasteiger partial charge in [0.25, 0.3) is 0 Å². The molecule has 0 spiro atoms. The topological polar surface area (TPSA) is 99.0 Å². The molecule has 0 aromatic heterocycles. The van der Waals surface area contributed by atoms with Gasteiger partial charge in [-0.1, -0.05) is 66.2 Å². The van der Waals surface area contributed by atoms with Gasteiger partial charge in [0.2, 0.25) is 0 Å². The summed E-state index contributed by atoms with van der Waals surface area (Å²) in [6.07, 6.45) is -3.28. The monoisotopic (exact) mass is 453 g/mol. The van der Waals surface area contributed by atoms with Crippen molar-refractivity contribution in [1.29, 1.82) is 0 Å². The third-order valence-corrected chi connectivity index (χ3v) is 5.99. The summed E-state index contributed by atoms with van der Waals surface area (Å²) >= 11 is 5.91. The van der Waals surface area contributed by atoms with Gasteiger partial charge in [-0.05, 0) is 45.5 Å². The molecule has 0 aliphatic heterocycles. The summed E-state index contributed by atoms with van der Waals surface area (Å²) in [5, 5.41) is 33.1. The van der Waals surface area contributed by atoms with Crippen molar-refractivity contribution in [3.8, 4) is 11.1 Å². The standard InChI is InChI=1S/C25H24ClNO5/c26-16-9-10-17(15(11-16)13-28)24(30)23(29)12-27-25(31)32-14-22-20-7-3-1-5-18(20)19-6-2-4-8-21(19)22/h1-11,22-24,28-30H,12-14H2,(H,27,31). The van der Waals surface area contributed by atoms with Crippen LogP contribution in [0.3, 0.4) is 0 Å². The molecule has 3 aromatic carbocycles. The first-order chi connectivity index (χ1) is 15.5. The third kappa shape index (κ3) is 4.49. The number of ether oxygens (including phenoxy) is 1. The van der Waals surface area contributed by atoms with Crippen LogP contribution < -0.4 is 5.32 Å². The Bertz CT molecular complexity index is 1070. The number of benzene rings is 3. The van der Waals surface area contributed by atoms with E-state index < -0.39 is 18.3 Å². The van der Waals surface area contributed by atoms with Crippen molar-refractivity contribution in [1.82, 2.24) is 5.32 Å². The van der Waals surface area contributed by atoms with Gasteiger partial charge in [-0.2, -0.15) is 0 Å². The summed E-state index contributed by atoms with van der Waals surface area (Å²) in [5.74, 6) is -0.0650. The SMILES string of the molecule is O=C(NCC(O)C(O)c1ccc(Cl)cc1CO)OCC1c2ccccc2-c2ccccc21. The second-order valence-corrected chi connectivity index (χ2v) is 8.16. The fourth-order valence-corrected chi connectivity index (χ4v) is 4.35. The Balaban J connectivity index is 1.35. The first-order valence-electron chi connectivity index (χ1n) is 10.3. The van der Waals surface area contributed by atoms with E-state index in [9.17, 15) is 20.1 Å². The highest BCUT2D eigenvalue weighted by Gasteiger charge is 2.29. The minimum absolute atomic E-state index is 0.0650. The molecule has 32 heavy (non-hydrogen) atoms. The molecule has 4 rings (SSSR count). The third-order valence-electron chi connectivity index (χ3n) is 5.76. The average Bonchev–Trinajstić information content (AvgIpc) is 3.14. The second-order valence-electron chi connectivity index (χ2n) is 7.72. The van der Waals surface area contributed by atoms with Crippen molar-refractivity contribution >= 4 is 17.7 Å². The maximum Gasteiger partial charge on any atom is 0.407 e. The van der Waals surface area contributed by atoms with Crippen molar-refractivity contribution in [3.63, 3.8) is 0 Å². The van der Waals surface area contributed by atoms with Gasteiger partial charge in [0, 0.05) is 17.5 Å². The number of alkyl carbamates (subject to hydrolysis) is 1. The minimum atomic E-state index is -1.30. The van der Waals surface area contributed by atoms with Crippen LogP contribution in [0.15, 0.2) is 66.7 Å². The normalized spacial score (nSPS) is 14.4. The van der Waals surface area contributed by atoms with Gasteiger partial charge in [0.15, 0.2) is 0 Å². The molecule has 6 nitrogen and oxygen atoms in total. The van der Waals surface area contributed by atoms with E-state index in [1.54, 1.807) is 6.07 Å². The molecule has 1 aliphatic rings. The molecule has 4 N–H and O–H groups in total. The molecule has 3 aromatic rings. The Morgan fingerprint density at radius 2 is 1.62 bits per heavy atom. The zero-order valence-electron chi connectivity index (χ0n) is 17.2. The fraction of sp³-hybridized carbons (Fsp3) is 0.240. The molecule has 2 unspecified atom stereocenters. The number of aliphatic hydroxyl groups excluding tert-OH is 3. The highest BCUT2D eigenvalue weighted by molar-refractivity contribution is 6.30. The maximum absolute atomic E-state index is 12.3. The quantitative estimate of drug-likeness (QED) is 0.436. The van der Waals surface area contributed by atoms with E-state index >= 15 is 0 Å². The summed E-state index contributed by atoms with van der Waals surface area (Å²) in [6.45, 7) is -0.394.